The summed E-state index contributed by atoms with van der Waals surface area (Å²) in [6, 6.07) is 10.1. The van der Waals surface area contributed by atoms with Crippen LogP contribution >= 0.6 is 0 Å². The maximum atomic E-state index is 12.2. The fourth-order valence-corrected chi connectivity index (χ4v) is 2.65. The summed E-state index contributed by atoms with van der Waals surface area (Å²) in [5, 5.41) is 0. The second-order valence-corrected chi connectivity index (χ2v) is 5.51. The van der Waals surface area contributed by atoms with Crippen LogP contribution in [0.2, 0.25) is 0 Å². The summed E-state index contributed by atoms with van der Waals surface area (Å²) >= 11 is 0. The van der Waals surface area contributed by atoms with Crippen molar-refractivity contribution in [1.29, 1.82) is 0 Å². The number of hydrogen-bond donors (Lipinski definition) is 0. The molecule has 0 radical (unpaired) electrons. The molecule has 1 saturated heterocycles. The maximum absolute atomic E-state index is 12.2. The fourth-order valence-electron chi connectivity index (χ4n) is 2.65. The average Bonchev–Trinajstić information content (AvgIpc) is 2.82. The molecule has 0 bridgehead atoms. The highest BCUT2D eigenvalue weighted by molar-refractivity contribution is 5.96. The Kier molecular flexibility index (Phi) is 4.35. The number of likely N-dealkylation sites (tertiary alicyclic amines) is 1. The smallest absolute Gasteiger partial charge is 0.229 e. The average molecular weight is 259 g/mol. The van der Waals surface area contributed by atoms with Crippen LogP contribution < -0.4 is 0 Å². The first-order valence-corrected chi connectivity index (χ1v) is 6.97. The van der Waals surface area contributed by atoms with E-state index in [4.69, 9.17) is 0 Å². The van der Waals surface area contributed by atoms with Gasteiger partial charge in [0.15, 0.2) is 0 Å². The number of carbonyl (C=O) groups excluding carboxylic acids is 2. The highest BCUT2D eigenvalue weighted by Gasteiger charge is 2.29. The molecule has 3 heteroatoms. The number of nitrogens with zero attached hydrogens (tertiary/aromatic N) is 1. The second kappa shape index (κ2) is 6.00. The largest absolute Gasteiger partial charge is 0.283 e. The predicted octanol–water partition coefficient (Wildman–Crippen LogP) is 2.97. The number of hydrogen-bond acceptors (Lipinski definition) is 2. The molecule has 0 aromatic heterocycles. The van der Waals surface area contributed by atoms with Crippen molar-refractivity contribution in [2.24, 2.45) is 5.92 Å². The molecule has 1 unspecified atom stereocenters. The lowest BCUT2D eigenvalue weighted by Crippen LogP contribution is -2.33. The number of imide groups is 1. The fraction of sp³-hybridized carbons (Fsp3) is 0.500. The Hall–Kier alpha value is -1.64. The van der Waals surface area contributed by atoms with Gasteiger partial charge in [0.25, 0.3) is 0 Å². The van der Waals surface area contributed by atoms with Gasteiger partial charge in [0.1, 0.15) is 0 Å². The normalized spacial score (nSPS) is 17.0. The zero-order chi connectivity index (χ0) is 13.8. The van der Waals surface area contributed by atoms with E-state index >= 15 is 0 Å². The number of rotatable bonds is 4. The summed E-state index contributed by atoms with van der Waals surface area (Å²) in [6.45, 7) is 4.84. The summed E-state index contributed by atoms with van der Waals surface area (Å²) in [4.78, 5) is 25.3. The van der Waals surface area contributed by atoms with E-state index in [0.29, 0.717) is 25.3 Å². The molecule has 1 aliphatic rings. The third-order valence-electron chi connectivity index (χ3n) is 3.80. The zero-order valence-electron chi connectivity index (χ0n) is 11.6. The van der Waals surface area contributed by atoms with Gasteiger partial charge in [0, 0.05) is 19.4 Å². The van der Waals surface area contributed by atoms with Crippen LogP contribution in [0, 0.1) is 5.92 Å². The van der Waals surface area contributed by atoms with Gasteiger partial charge in [-0.25, -0.2) is 0 Å². The SMILES string of the molecule is CC(C)C(CC(=O)N1CCCC1=O)c1ccccc1. The van der Waals surface area contributed by atoms with Gasteiger partial charge in [0.05, 0.1) is 0 Å². The summed E-state index contributed by atoms with van der Waals surface area (Å²) in [5.41, 5.74) is 1.18. The molecule has 1 heterocycles. The Balaban J connectivity index is 2.09. The van der Waals surface area contributed by atoms with E-state index in [1.165, 1.54) is 10.5 Å². The molecule has 19 heavy (non-hydrogen) atoms. The van der Waals surface area contributed by atoms with E-state index in [1.807, 2.05) is 18.2 Å². The maximum Gasteiger partial charge on any atom is 0.229 e. The first-order valence-electron chi connectivity index (χ1n) is 6.97. The Morgan fingerprint density at radius 1 is 1.26 bits per heavy atom. The van der Waals surface area contributed by atoms with Crippen molar-refractivity contribution in [1.82, 2.24) is 4.90 Å². The molecule has 0 N–H and O–H groups in total. The molecule has 102 valence electrons. The monoisotopic (exact) mass is 259 g/mol. The van der Waals surface area contributed by atoms with E-state index < -0.39 is 0 Å². The summed E-state index contributed by atoms with van der Waals surface area (Å²) in [6.07, 6.45) is 1.75. The first kappa shape index (κ1) is 13.8. The van der Waals surface area contributed by atoms with Crippen molar-refractivity contribution in [2.45, 2.75) is 39.0 Å². The number of benzene rings is 1. The van der Waals surface area contributed by atoms with E-state index in [2.05, 4.69) is 26.0 Å². The van der Waals surface area contributed by atoms with E-state index in [-0.39, 0.29) is 17.7 Å². The second-order valence-electron chi connectivity index (χ2n) is 5.51. The Bertz CT molecular complexity index is 453. The van der Waals surface area contributed by atoms with Crippen LogP contribution in [0.5, 0.6) is 0 Å². The molecule has 0 aliphatic carbocycles. The van der Waals surface area contributed by atoms with Crippen LogP contribution in [0.15, 0.2) is 30.3 Å². The van der Waals surface area contributed by atoms with Gasteiger partial charge in [-0.15, -0.1) is 0 Å². The topological polar surface area (TPSA) is 37.4 Å². The molecule has 1 atom stereocenters. The number of carbonyl (C=O) groups is 2. The minimum atomic E-state index is -0.0231. The molecule has 1 aliphatic heterocycles. The zero-order valence-corrected chi connectivity index (χ0v) is 11.6. The molecule has 2 amide bonds. The summed E-state index contributed by atoms with van der Waals surface area (Å²) in [5.74, 6) is 0.525. The predicted molar refractivity (Wildman–Crippen MR) is 74.6 cm³/mol. The molecule has 0 spiro atoms. The summed E-state index contributed by atoms with van der Waals surface area (Å²) in [7, 11) is 0. The molecular weight excluding hydrogens is 238 g/mol. The lowest BCUT2D eigenvalue weighted by molar-refractivity contribution is -0.142. The van der Waals surface area contributed by atoms with Crippen molar-refractivity contribution in [2.75, 3.05) is 6.54 Å². The molecular formula is C16H21NO2. The van der Waals surface area contributed by atoms with E-state index in [0.717, 1.165) is 6.42 Å². The van der Waals surface area contributed by atoms with Crippen molar-refractivity contribution in [3.8, 4) is 0 Å². The van der Waals surface area contributed by atoms with Gasteiger partial charge in [-0.05, 0) is 23.8 Å². The van der Waals surface area contributed by atoms with Gasteiger partial charge in [-0.2, -0.15) is 0 Å². The quantitative estimate of drug-likeness (QED) is 0.833. The highest BCUT2D eigenvalue weighted by Crippen LogP contribution is 2.29. The van der Waals surface area contributed by atoms with Gasteiger partial charge >= 0.3 is 0 Å². The molecule has 1 aromatic carbocycles. The Morgan fingerprint density at radius 2 is 1.95 bits per heavy atom. The van der Waals surface area contributed by atoms with Crippen LogP contribution in [0.3, 0.4) is 0 Å². The minimum absolute atomic E-state index is 0.0134. The molecule has 0 saturated carbocycles. The number of amides is 2. The van der Waals surface area contributed by atoms with Crippen molar-refractivity contribution in [3.63, 3.8) is 0 Å². The van der Waals surface area contributed by atoms with Gasteiger partial charge in [-0.3, -0.25) is 14.5 Å². The van der Waals surface area contributed by atoms with Crippen LogP contribution in [0.25, 0.3) is 0 Å². The van der Waals surface area contributed by atoms with E-state index in [1.54, 1.807) is 0 Å². The molecule has 1 aromatic rings. The third-order valence-corrected chi connectivity index (χ3v) is 3.80. The Morgan fingerprint density at radius 3 is 2.47 bits per heavy atom. The minimum Gasteiger partial charge on any atom is -0.283 e. The van der Waals surface area contributed by atoms with Crippen molar-refractivity contribution in [3.05, 3.63) is 35.9 Å². The van der Waals surface area contributed by atoms with Crippen LogP contribution in [-0.2, 0) is 9.59 Å². The standard InChI is InChI=1S/C16H21NO2/c1-12(2)14(13-7-4-3-5-8-13)11-16(19)17-10-6-9-15(17)18/h3-5,7-8,12,14H,6,9-11H2,1-2H3. The Labute approximate surface area is 114 Å². The van der Waals surface area contributed by atoms with Gasteiger partial charge in [-0.1, -0.05) is 44.2 Å². The van der Waals surface area contributed by atoms with Gasteiger partial charge < -0.3 is 0 Å². The van der Waals surface area contributed by atoms with Crippen LogP contribution in [-0.4, -0.2) is 23.3 Å². The third kappa shape index (κ3) is 3.22. The van der Waals surface area contributed by atoms with Crippen molar-refractivity contribution < 1.29 is 9.59 Å². The van der Waals surface area contributed by atoms with Crippen LogP contribution in [0.1, 0.15) is 44.6 Å². The molecule has 3 nitrogen and oxygen atoms in total. The first-order chi connectivity index (χ1) is 9.09. The lowest BCUT2D eigenvalue weighted by atomic mass is 9.85. The van der Waals surface area contributed by atoms with Gasteiger partial charge in [0.2, 0.25) is 11.8 Å². The summed E-state index contributed by atoms with van der Waals surface area (Å²) < 4.78 is 0. The van der Waals surface area contributed by atoms with E-state index in [9.17, 15) is 9.59 Å². The molecule has 1 fully saturated rings. The van der Waals surface area contributed by atoms with Crippen molar-refractivity contribution >= 4 is 11.8 Å². The lowest BCUT2D eigenvalue weighted by Gasteiger charge is -2.23. The molecule has 2 rings (SSSR count). The van der Waals surface area contributed by atoms with Crippen LogP contribution in [0.4, 0.5) is 0 Å². The highest BCUT2D eigenvalue weighted by atomic mass is 16.2.